The lowest BCUT2D eigenvalue weighted by molar-refractivity contribution is -0.138. The largest absolute Gasteiger partial charge is 0.480 e. The van der Waals surface area contributed by atoms with Crippen molar-refractivity contribution in [3.8, 4) is 0 Å². The van der Waals surface area contributed by atoms with Crippen LogP contribution in [-0.4, -0.2) is 49.3 Å². The van der Waals surface area contributed by atoms with Gasteiger partial charge >= 0.3 is 5.97 Å². The van der Waals surface area contributed by atoms with Gasteiger partial charge in [-0.1, -0.05) is 35.5 Å². The maximum absolute atomic E-state index is 12.4. The van der Waals surface area contributed by atoms with Crippen LogP contribution in [0.2, 0.25) is 0 Å². The van der Waals surface area contributed by atoms with Crippen LogP contribution in [-0.2, 0) is 27.5 Å². The van der Waals surface area contributed by atoms with Crippen molar-refractivity contribution in [2.75, 3.05) is 6.54 Å². The summed E-state index contributed by atoms with van der Waals surface area (Å²) in [7, 11) is 0. The molecule has 2 heterocycles. The summed E-state index contributed by atoms with van der Waals surface area (Å²) in [6.45, 7) is 2.17. The predicted octanol–water partition coefficient (Wildman–Crippen LogP) is 0.589. The lowest BCUT2D eigenvalue weighted by Gasteiger charge is -2.25. The zero-order valence-corrected chi connectivity index (χ0v) is 14.9. The Morgan fingerprint density at radius 1 is 1.33 bits per heavy atom. The normalized spacial score (nSPS) is 17.7. The number of nitrogens with zero attached hydrogens (tertiary/aromatic N) is 4. The minimum absolute atomic E-state index is 0.0427. The van der Waals surface area contributed by atoms with Gasteiger partial charge in [0.05, 0.1) is 24.7 Å². The minimum atomic E-state index is -1.02. The van der Waals surface area contributed by atoms with E-state index in [1.807, 2.05) is 37.3 Å². The van der Waals surface area contributed by atoms with Crippen LogP contribution in [0.3, 0.4) is 0 Å². The number of aromatic nitrogens is 3. The number of nitrogens with one attached hydrogen (secondary N) is 1. The molecule has 0 saturated carbocycles. The maximum Gasteiger partial charge on any atom is 0.325 e. The Hall–Kier alpha value is -3.23. The summed E-state index contributed by atoms with van der Waals surface area (Å²) in [5.74, 6) is -1.71. The van der Waals surface area contributed by atoms with Crippen LogP contribution in [0.15, 0.2) is 36.5 Å². The van der Waals surface area contributed by atoms with Gasteiger partial charge in [0.2, 0.25) is 11.8 Å². The Bertz CT molecular complexity index is 835. The quantitative estimate of drug-likeness (QED) is 0.735. The summed E-state index contributed by atoms with van der Waals surface area (Å²) >= 11 is 0. The smallest absolute Gasteiger partial charge is 0.325 e. The number of carboxylic acids is 1. The second-order valence-electron chi connectivity index (χ2n) is 6.55. The number of carbonyl (C=O) groups excluding carboxylic acids is 2. The highest BCUT2D eigenvalue weighted by Gasteiger charge is 2.36. The molecule has 1 fully saturated rings. The summed E-state index contributed by atoms with van der Waals surface area (Å²) in [5, 5.41) is 19.0. The Morgan fingerprint density at radius 3 is 2.78 bits per heavy atom. The summed E-state index contributed by atoms with van der Waals surface area (Å²) in [4.78, 5) is 37.1. The number of hydrogen-bond acceptors (Lipinski definition) is 5. The van der Waals surface area contributed by atoms with E-state index in [1.165, 1.54) is 10.9 Å². The number of likely N-dealkylation sites (tertiary alicyclic amines) is 1. The molecule has 27 heavy (non-hydrogen) atoms. The highest BCUT2D eigenvalue weighted by molar-refractivity contribution is 5.89. The average Bonchev–Trinajstić information content (AvgIpc) is 3.25. The van der Waals surface area contributed by atoms with Crippen molar-refractivity contribution >= 4 is 17.8 Å². The highest BCUT2D eigenvalue weighted by Crippen LogP contribution is 2.28. The van der Waals surface area contributed by atoms with Gasteiger partial charge in [0.25, 0.3) is 0 Å². The van der Waals surface area contributed by atoms with Crippen LogP contribution >= 0.6 is 0 Å². The summed E-state index contributed by atoms with van der Waals surface area (Å²) in [5.41, 5.74) is 1.49. The highest BCUT2D eigenvalue weighted by atomic mass is 16.4. The number of carbonyl (C=O) groups is 3. The van der Waals surface area contributed by atoms with Crippen molar-refractivity contribution in [2.45, 2.75) is 32.5 Å². The summed E-state index contributed by atoms with van der Waals surface area (Å²) in [6.07, 6.45) is 1.65. The van der Waals surface area contributed by atoms with E-state index < -0.39 is 11.9 Å². The van der Waals surface area contributed by atoms with E-state index >= 15 is 0 Å². The van der Waals surface area contributed by atoms with Gasteiger partial charge in [-0.2, -0.15) is 0 Å². The van der Waals surface area contributed by atoms with Gasteiger partial charge in [-0.3, -0.25) is 14.4 Å². The fourth-order valence-electron chi connectivity index (χ4n) is 3.15. The molecule has 1 aliphatic heterocycles. The van der Waals surface area contributed by atoms with E-state index in [0.717, 1.165) is 5.56 Å². The molecule has 1 aromatic carbocycles. The first-order chi connectivity index (χ1) is 12.9. The van der Waals surface area contributed by atoms with Crippen molar-refractivity contribution in [1.29, 1.82) is 0 Å². The first-order valence-corrected chi connectivity index (χ1v) is 8.67. The van der Waals surface area contributed by atoms with Gasteiger partial charge in [-0.25, -0.2) is 4.68 Å². The third-order valence-electron chi connectivity index (χ3n) is 4.61. The molecular formula is C18H21N5O4. The lowest BCUT2D eigenvalue weighted by Crippen LogP contribution is -2.33. The lowest BCUT2D eigenvalue weighted by atomic mass is 10.1. The molecule has 9 heteroatoms. The first-order valence-electron chi connectivity index (χ1n) is 8.67. The average molecular weight is 371 g/mol. The Balaban J connectivity index is 1.54. The molecule has 0 spiro atoms. The predicted molar refractivity (Wildman–Crippen MR) is 94.2 cm³/mol. The molecule has 1 aromatic heterocycles. The van der Waals surface area contributed by atoms with Gasteiger partial charge < -0.3 is 15.3 Å². The van der Waals surface area contributed by atoms with Crippen LogP contribution < -0.4 is 5.32 Å². The Morgan fingerprint density at radius 2 is 2.07 bits per heavy atom. The molecule has 2 atom stereocenters. The van der Waals surface area contributed by atoms with Crippen LogP contribution in [0.1, 0.15) is 30.6 Å². The number of carboxylic acid groups (broad SMARTS) is 1. The van der Waals surface area contributed by atoms with E-state index in [4.69, 9.17) is 5.11 Å². The van der Waals surface area contributed by atoms with Crippen LogP contribution in [0.25, 0.3) is 0 Å². The van der Waals surface area contributed by atoms with E-state index in [2.05, 4.69) is 15.6 Å². The standard InChI is InChI=1S/C18H21N5O4/c1-12(13-5-3-2-4-6-13)23-9-14(7-16(23)24)18(27)19-8-15-10-22(21-20-15)11-17(25)26/h2-6,10,12,14H,7-9,11H2,1H3,(H,19,27)(H,25,26). The number of amides is 2. The zero-order valence-electron chi connectivity index (χ0n) is 14.9. The van der Waals surface area contributed by atoms with Crippen LogP contribution in [0.5, 0.6) is 0 Å². The molecule has 0 aliphatic carbocycles. The molecule has 3 rings (SSSR count). The molecule has 1 saturated heterocycles. The molecule has 2 aromatic rings. The SMILES string of the molecule is CC(c1ccccc1)N1CC(C(=O)NCc2cn(CC(=O)O)nn2)CC1=O. The number of aliphatic carboxylic acids is 1. The van der Waals surface area contributed by atoms with E-state index in [0.29, 0.717) is 12.2 Å². The van der Waals surface area contributed by atoms with E-state index in [-0.39, 0.29) is 37.4 Å². The van der Waals surface area contributed by atoms with E-state index in [1.54, 1.807) is 4.90 Å². The number of rotatable bonds is 7. The first kappa shape index (κ1) is 18.6. The summed E-state index contributed by atoms with van der Waals surface area (Å²) < 4.78 is 1.19. The molecule has 142 valence electrons. The summed E-state index contributed by atoms with van der Waals surface area (Å²) in [6, 6.07) is 9.61. The molecule has 2 N–H and O–H groups in total. The molecule has 0 radical (unpaired) electrons. The second-order valence-corrected chi connectivity index (χ2v) is 6.55. The Labute approximate surface area is 156 Å². The fraction of sp³-hybridized carbons (Fsp3) is 0.389. The van der Waals surface area contributed by atoms with Crippen LogP contribution in [0.4, 0.5) is 0 Å². The molecular weight excluding hydrogens is 350 g/mol. The maximum atomic E-state index is 12.4. The van der Waals surface area contributed by atoms with Crippen molar-refractivity contribution < 1.29 is 19.5 Å². The fourth-order valence-corrected chi connectivity index (χ4v) is 3.15. The van der Waals surface area contributed by atoms with Crippen molar-refractivity contribution in [3.05, 3.63) is 47.8 Å². The van der Waals surface area contributed by atoms with Gasteiger partial charge in [-0.05, 0) is 12.5 Å². The Kier molecular flexibility index (Phi) is 5.49. The topological polar surface area (TPSA) is 117 Å². The van der Waals surface area contributed by atoms with Gasteiger partial charge in [-0.15, -0.1) is 5.10 Å². The van der Waals surface area contributed by atoms with Gasteiger partial charge in [0.1, 0.15) is 12.2 Å². The van der Waals surface area contributed by atoms with Crippen molar-refractivity contribution in [3.63, 3.8) is 0 Å². The third-order valence-corrected chi connectivity index (χ3v) is 4.61. The van der Waals surface area contributed by atoms with Crippen molar-refractivity contribution in [2.24, 2.45) is 5.92 Å². The number of hydrogen-bond donors (Lipinski definition) is 2. The molecule has 2 unspecified atom stereocenters. The van der Waals surface area contributed by atoms with Gasteiger partial charge in [0.15, 0.2) is 0 Å². The molecule has 2 amide bonds. The van der Waals surface area contributed by atoms with E-state index in [9.17, 15) is 14.4 Å². The third kappa shape index (κ3) is 4.49. The molecule has 0 bridgehead atoms. The molecule has 1 aliphatic rings. The zero-order chi connectivity index (χ0) is 19.4. The molecule has 9 nitrogen and oxygen atoms in total. The van der Waals surface area contributed by atoms with Gasteiger partial charge in [0, 0.05) is 13.0 Å². The number of benzene rings is 1. The second kappa shape index (κ2) is 7.98. The van der Waals surface area contributed by atoms with Crippen molar-refractivity contribution in [1.82, 2.24) is 25.2 Å². The van der Waals surface area contributed by atoms with Crippen LogP contribution in [0, 0.1) is 5.92 Å². The monoisotopic (exact) mass is 371 g/mol. The minimum Gasteiger partial charge on any atom is -0.480 e.